The van der Waals surface area contributed by atoms with Gasteiger partial charge < -0.3 is 10.6 Å². The first-order chi connectivity index (χ1) is 15.3. The largest absolute Gasteiger partial charge is 0.325 e. The molecule has 0 aliphatic heterocycles. The van der Waals surface area contributed by atoms with Crippen molar-refractivity contribution in [3.8, 4) is 0 Å². The second-order valence-corrected chi connectivity index (χ2v) is 7.41. The Bertz CT molecular complexity index is 1100. The molecular weight excluding hydrogens is 408 g/mol. The van der Waals surface area contributed by atoms with Gasteiger partial charge in [0.15, 0.2) is 0 Å². The van der Waals surface area contributed by atoms with Crippen molar-refractivity contribution in [2.24, 2.45) is 0 Å². The van der Waals surface area contributed by atoms with Gasteiger partial charge in [0.2, 0.25) is 11.8 Å². The maximum Gasteiger partial charge on any atom is 0.293 e. The molecule has 0 aliphatic rings. The summed E-state index contributed by atoms with van der Waals surface area (Å²) in [6.45, 7) is 1.68. The Morgan fingerprint density at radius 1 is 0.969 bits per heavy atom. The normalized spacial score (nSPS) is 11.6. The molecule has 3 aromatic rings. The van der Waals surface area contributed by atoms with E-state index >= 15 is 0 Å². The summed E-state index contributed by atoms with van der Waals surface area (Å²) >= 11 is 0. The van der Waals surface area contributed by atoms with Crippen molar-refractivity contribution in [3.63, 3.8) is 0 Å². The van der Waals surface area contributed by atoms with Crippen molar-refractivity contribution in [3.05, 3.63) is 100 Å². The van der Waals surface area contributed by atoms with Crippen LogP contribution in [0.25, 0.3) is 0 Å². The summed E-state index contributed by atoms with van der Waals surface area (Å²) in [6, 6.07) is 21.8. The van der Waals surface area contributed by atoms with Crippen LogP contribution in [0.1, 0.15) is 17.2 Å². The summed E-state index contributed by atoms with van der Waals surface area (Å²) in [5.41, 5.74) is 1.95. The van der Waals surface area contributed by atoms with E-state index in [0.29, 0.717) is 16.8 Å². The van der Waals surface area contributed by atoms with Crippen LogP contribution in [0.5, 0.6) is 0 Å². The van der Waals surface area contributed by atoms with Gasteiger partial charge in [0.05, 0.1) is 11.5 Å². The van der Waals surface area contributed by atoms with E-state index in [-0.39, 0.29) is 23.8 Å². The summed E-state index contributed by atoms with van der Waals surface area (Å²) < 4.78 is 0. The monoisotopic (exact) mass is 432 g/mol. The van der Waals surface area contributed by atoms with E-state index in [2.05, 4.69) is 10.6 Å². The van der Waals surface area contributed by atoms with E-state index in [1.165, 1.54) is 12.1 Å². The zero-order chi connectivity index (χ0) is 23.1. The molecule has 2 N–H and O–H groups in total. The lowest BCUT2D eigenvalue weighted by Crippen LogP contribution is -2.39. The highest BCUT2D eigenvalue weighted by atomic mass is 16.6. The summed E-state index contributed by atoms with van der Waals surface area (Å²) in [5, 5.41) is 16.9. The van der Waals surface area contributed by atoms with Crippen molar-refractivity contribution >= 4 is 28.9 Å². The van der Waals surface area contributed by atoms with Crippen molar-refractivity contribution in [2.75, 3.05) is 24.2 Å². The number of nitrogens with one attached hydrogen (secondary N) is 2. The molecule has 1 atom stereocenters. The smallest absolute Gasteiger partial charge is 0.293 e. The van der Waals surface area contributed by atoms with Crippen molar-refractivity contribution < 1.29 is 14.5 Å². The van der Waals surface area contributed by atoms with Crippen LogP contribution >= 0.6 is 0 Å². The first-order valence-electron chi connectivity index (χ1n) is 10.0. The molecule has 1 unspecified atom stereocenters. The molecule has 0 saturated heterocycles. The second-order valence-electron chi connectivity index (χ2n) is 7.41. The van der Waals surface area contributed by atoms with Crippen LogP contribution in [-0.4, -0.2) is 35.2 Å². The maximum atomic E-state index is 13.2. The number of hydrogen-bond donors (Lipinski definition) is 2. The van der Waals surface area contributed by atoms with Gasteiger partial charge in [-0.2, -0.15) is 0 Å². The lowest BCUT2D eigenvalue weighted by atomic mass is 10.0. The fraction of sp³-hybridized carbons (Fsp3) is 0.167. The number of carbonyl (C=O) groups is 2. The average Bonchev–Trinajstić information content (AvgIpc) is 2.76. The van der Waals surface area contributed by atoms with Gasteiger partial charge in [-0.15, -0.1) is 0 Å². The Balaban J connectivity index is 1.82. The topological polar surface area (TPSA) is 105 Å². The fourth-order valence-electron chi connectivity index (χ4n) is 3.38. The SMILES string of the molecule is Cc1ccc(NC(=O)C(c2ccccc2)N(C)CC(=O)Nc2ccccc2)c([N+](=O)[O-])c1. The Hall–Kier alpha value is -4.04. The molecule has 0 aliphatic carbocycles. The van der Waals surface area contributed by atoms with Gasteiger partial charge >= 0.3 is 0 Å². The third-order valence-corrected chi connectivity index (χ3v) is 4.86. The van der Waals surface area contributed by atoms with E-state index < -0.39 is 16.9 Å². The molecule has 0 saturated carbocycles. The molecule has 164 valence electrons. The van der Waals surface area contributed by atoms with E-state index in [9.17, 15) is 19.7 Å². The number of rotatable bonds is 8. The number of nitro benzene ring substituents is 1. The average molecular weight is 432 g/mol. The number of nitrogens with zero attached hydrogens (tertiary/aromatic N) is 2. The van der Waals surface area contributed by atoms with Crippen molar-refractivity contribution in [1.82, 2.24) is 4.90 Å². The van der Waals surface area contributed by atoms with Crippen LogP contribution in [0.15, 0.2) is 78.9 Å². The van der Waals surface area contributed by atoms with E-state index in [4.69, 9.17) is 0 Å². The molecular formula is C24H24N4O4. The number of benzene rings is 3. The van der Waals surface area contributed by atoms with Gasteiger partial charge in [0.25, 0.3) is 5.69 Å². The molecule has 0 fully saturated rings. The fourth-order valence-corrected chi connectivity index (χ4v) is 3.38. The Morgan fingerprint density at radius 3 is 2.22 bits per heavy atom. The molecule has 3 aromatic carbocycles. The standard InChI is InChI=1S/C24H24N4O4/c1-17-13-14-20(21(15-17)28(31)32)26-24(30)23(18-9-5-3-6-10-18)27(2)16-22(29)25-19-11-7-4-8-12-19/h3-15,23H,16H2,1-2H3,(H,25,29)(H,26,30). The minimum atomic E-state index is -0.835. The zero-order valence-electron chi connectivity index (χ0n) is 17.8. The second kappa shape index (κ2) is 10.3. The molecule has 32 heavy (non-hydrogen) atoms. The molecule has 0 radical (unpaired) electrons. The number of amides is 2. The Labute approximate surface area is 186 Å². The van der Waals surface area contributed by atoms with Gasteiger partial charge in [-0.05, 0) is 43.3 Å². The maximum absolute atomic E-state index is 13.2. The van der Waals surface area contributed by atoms with E-state index in [0.717, 1.165) is 0 Å². The first-order valence-corrected chi connectivity index (χ1v) is 10.0. The van der Waals surface area contributed by atoms with Crippen LogP contribution in [0, 0.1) is 17.0 Å². The highest BCUT2D eigenvalue weighted by Crippen LogP contribution is 2.28. The molecule has 0 bridgehead atoms. The summed E-state index contributed by atoms with van der Waals surface area (Å²) in [6.07, 6.45) is 0. The number of hydrogen-bond acceptors (Lipinski definition) is 5. The number of anilines is 2. The highest BCUT2D eigenvalue weighted by Gasteiger charge is 2.28. The summed E-state index contributed by atoms with van der Waals surface area (Å²) in [4.78, 5) is 38.3. The van der Waals surface area contributed by atoms with Crippen LogP contribution in [-0.2, 0) is 9.59 Å². The quantitative estimate of drug-likeness (QED) is 0.411. The van der Waals surface area contributed by atoms with Crippen LogP contribution < -0.4 is 10.6 Å². The number of aryl methyl sites for hydroxylation is 1. The molecule has 0 aromatic heterocycles. The summed E-state index contributed by atoms with van der Waals surface area (Å²) in [5.74, 6) is -0.757. The number of likely N-dealkylation sites (N-methyl/N-ethyl adjacent to an activating group) is 1. The molecule has 8 heteroatoms. The predicted molar refractivity (Wildman–Crippen MR) is 123 cm³/mol. The number of carbonyl (C=O) groups excluding carboxylic acids is 2. The van der Waals surface area contributed by atoms with Gasteiger partial charge in [-0.3, -0.25) is 24.6 Å². The Kier molecular flexibility index (Phi) is 7.30. The third-order valence-electron chi connectivity index (χ3n) is 4.86. The van der Waals surface area contributed by atoms with Crippen LogP contribution in [0.2, 0.25) is 0 Å². The van der Waals surface area contributed by atoms with E-state index in [1.807, 2.05) is 24.3 Å². The Morgan fingerprint density at radius 2 is 1.59 bits per heavy atom. The van der Waals surface area contributed by atoms with Gasteiger partial charge in [-0.1, -0.05) is 54.6 Å². The number of para-hydroxylation sites is 1. The summed E-state index contributed by atoms with van der Waals surface area (Å²) in [7, 11) is 1.66. The van der Waals surface area contributed by atoms with Crippen molar-refractivity contribution in [1.29, 1.82) is 0 Å². The minimum absolute atomic E-state index is 0.0577. The van der Waals surface area contributed by atoms with Gasteiger partial charge in [0.1, 0.15) is 11.7 Å². The third kappa shape index (κ3) is 5.77. The van der Waals surface area contributed by atoms with Gasteiger partial charge in [0, 0.05) is 11.8 Å². The highest BCUT2D eigenvalue weighted by molar-refractivity contribution is 5.98. The molecule has 0 spiro atoms. The molecule has 0 heterocycles. The van der Waals surface area contributed by atoms with E-state index in [1.54, 1.807) is 61.3 Å². The first kappa shape index (κ1) is 22.6. The molecule has 8 nitrogen and oxygen atoms in total. The molecule has 2 amide bonds. The van der Waals surface area contributed by atoms with Crippen LogP contribution in [0.3, 0.4) is 0 Å². The minimum Gasteiger partial charge on any atom is -0.325 e. The van der Waals surface area contributed by atoms with Crippen molar-refractivity contribution in [2.45, 2.75) is 13.0 Å². The lowest BCUT2D eigenvalue weighted by Gasteiger charge is -2.27. The lowest BCUT2D eigenvalue weighted by molar-refractivity contribution is -0.384. The van der Waals surface area contributed by atoms with Gasteiger partial charge in [-0.25, -0.2) is 0 Å². The molecule has 3 rings (SSSR count). The zero-order valence-corrected chi connectivity index (χ0v) is 17.8. The predicted octanol–water partition coefficient (Wildman–Crippen LogP) is 4.15. The number of nitro groups is 1. The van der Waals surface area contributed by atoms with Crippen LogP contribution in [0.4, 0.5) is 17.1 Å².